The molecule has 0 spiro atoms. The molecule has 2 unspecified atom stereocenters. The zero-order valence-electron chi connectivity index (χ0n) is 10.1. The lowest BCUT2D eigenvalue weighted by molar-refractivity contribution is -0.144. The van der Waals surface area contributed by atoms with Crippen LogP contribution in [-0.4, -0.2) is 20.2 Å². The predicted molar refractivity (Wildman–Crippen MR) is 62.5 cm³/mol. The molecule has 4 nitrogen and oxygen atoms in total. The first-order valence-electron chi connectivity index (χ1n) is 5.25. The molecule has 0 aromatic heterocycles. The van der Waals surface area contributed by atoms with Gasteiger partial charge in [-0.2, -0.15) is 5.26 Å². The van der Waals surface area contributed by atoms with Gasteiger partial charge in [-0.25, -0.2) is 0 Å². The summed E-state index contributed by atoms with van der Waals surface area (Å²) in [6, 6.07) is 9.27. The average molecular weight is 233 g/mol. The molecule has 0 saturated heterocycles. The molecule has 1 rings (SSSR count). The molecular weight excluding hydrogens is 218 g/mol. The fourth-order valence-corrected chi connectivity index (χ4v) is 1.60. The second-order valence-corrected chi connectivity index (χ2v) is 3.69. The predicted octanol–water partition coefficient (Wildman–Crippen LogP) is 2.11. The maximum atomic E-state index is 11.4. The van der Waals surface area contributed by atoms with Crippen molar-refractivity contribution in [3.05, 3.63) is 29.8 Å². The van der Waals surface area contributed by atoms with E-state index in [0.717, 1.165) is 11.3 Å². The van der Waals surface area contributed by atoms with Crippen LogP contribution in [-0.2, 0) is 9.53 Å². The molecule has 2 atom stereocenters. The number of carbonyl (C=O) groups excluding carboxylic acids is 1. The van der Waals surface area contributed by atoms with E-state index >= 15 is 0 Å². The minimum Gasteiger partial charge on any atom is -0.497 e. The highest BCUT2D eigenvalue weighted by atomic mass is 16.5. The summed E-state index contributed by atoms with van der Waals surface area (Å²) in [5, 5.41) is 8.98. The topological polar surface area (TPSA) is 59.3 Å². The van der Waals surface area contributed by atoms with Crippen molar-refractivity contribution in [2.75, 3.05) is 14.2 Å². The van der Waals surface area contributed by atoms with E-state index in [1.54, 1.807) is 19.2 Å². The van der Waals surface area contributed by atoms with E-state index in [1.165, 1.54) is 7.11 Å². The number of rotatable bonds is 4. The highest BCUT2D eigenvalue weighted by Crippen LogP contribution is 2.26. The van der Waals surface area contributed by atoms with Crippen molar-refractivity contribution in [1.29, 1.82) is 5.26 Å². The van der Waals surface area contributed by atoms with Gasteiger partial charge in [0, 0.05) is 5.92 Å². The van der Waals surface area contributed by atoms with Gasteiger partial charge in [-0.1, -0.05) is 19.1 Å². The van der Waals surface area contributed by atoms with Crippen molar-refractivity contribution in [3.63, 3.8) is 0 Å². The molecule has 0 fully saturated rings. The Balaban J connectivity index is 2.90. The van der Waals surface area contributed by atoms with Crippen molar-refractivity contribution in [2.24, 2.45) is 5.92 Å². The number of benzene rings is 1. The zero-order valence-corrected chi connectivity index (χ0v) is 10.1. The molecular formula is C13H15NO3. The zero-order chi connectivity index (χ0) is 12.8. The molecule has 0 aliphatic heterocycles. The molecule has 1 aromatic carbocycles. The average Bonchev–Trinajstić information content (AvgIpc) is 2.39. The third-order valence-electron chi connectivity index (χ3n) is 2.74. The van der Waals surface area contributed by atoms with Crippen LogP contribution in [0.25, 0.3) is 0 Å². The first-order chi connectivity index (χ1) is 8.13. The van der Waals surface area contributed by atoms with Gasteiger partial charge in [-0.3, -0.25) is 4.79 Å². The molecule has 0 radical (unpaired) electrons. The summed E-state index contributed by atoms with van der Waals surface area (Å²) in [6.07, 6.45) is 0. The van der Waals surface area contributed by atoms with Crippen molar-refractivity contribution in [3.8, 4) is 11.8 Å². The summed E-state index contributed by atoms with van der Waals surface area (Å²) in [5.41, 5.74) is 0.905. The summed E-state index contributed by atoms with van der Waals surface area (Å²) in [5.74, 6) is -0.755. The van der Waals surface area contributed by atoms with Crippen molar-refractivity contribution in [2.45, 2.75) is 12.8 Å². The Kier molecular flexibility index (Phi) is 4.53. The number of esters is 1. The van der Waals surface area contributed by atoms with E-state index in [9.17, 15) is 4.79 Å². The summed E-state index contributed by atoms with van der Waals surface area (Å²) in [6.45, 7) is 1.83. The smallest absolute Gasteiger partial charge is 0.323 e. The maximum absolute atomic E-state index is 11.4. The maximum Gasteiger partial charge on any atom is 0.323 e. The van der Waals surface area contributed by atoms with Crippen LogP contribution in [0.5, 0.6) is 5.75 Å². The van der Waals surface area contributed by atoms with Gasteiger partial charge in [0.25, 0.3) is 0 Å². The lowest BCUT2D eigenvalue weighted by Crippen LogP contribution is -2.20. The van der Waals surface area contributed by atoms with E-state index in [-0.39, 0.29) is 5.92 Å². The van der Waals surface area contributed by atoms with Gasteiger partial charge >= 0.3 is 5.97 Å². The number of ether oxygens (including phenoxy) is 2. The van der Waals surface area contributed by atoms with E-state index in [4.69, 9.17) is 10.00 Å². The van der Waals surface area contributed by atoms with Crippen LogP contribution in [0, 0.1) is 17.2 Å². The Morgan fingerprint density at radius 2 is 1.88 bits per heavy atom. The summed E-state index contributed by atoms with van der Waals surface area (Å²) in [4.78, 5) is 11.4. The Hall–Kier alpha value is -2.02. The summed E-state index contributed by atoms with van der Waals surface area (Å²) >= 11 is 0. The molecule has 0 aliphatic rings. The van der Waals surface area contributed by atoms with Crippen LogP contribution in [0.3, 0.4) is 0 Å². The normalized spacial score (nSPS) is 13.3. The van der Waals surface area contributed by atoms with Gasteiger partial charge in [0.1, 0.15) is 5.75 Å². The highest BCUT2D eigenvalue weighted by molar-refractivity contribution is 5.76. The van der Waals surface area contributed by atoms with E-state index in [0.29, 0.717) is 0 Å². The number of hydrogen-bond acceptors (Lipinski definition) is 4. The molecule has 0 bridgehead atoms. The lowest BCUT2D eigenvalue weighted by Gasteiger charge is -2.16. The fraction of sp³-hybridized carbons (Fsp3) is 0.385. The first-order valence-corrected chi connectivity index (χ1v) is 5.25. The Labute approximate surface area is 101 Å². The van der Waals surface area contributed by atoms with Crippen LogP contribution in [0.15, 0.2) is 24.3 Å². The molecule has 0 amide bonds. The second-order valence-electron chi connectivity index (χ2n) is 3.69. The third kappa shape index (κ3) is 2.97. The number of methoxy groups -OCH3 is 2. The second kappa shape index (κ2) is 5.90. The van der Waals surface area contributed by atoms with Crippen molar-refractivity contribution < 1.29 is 14.3 Å². The number of nitriles is 1. The van der Waals surface area contributed by atoms with Gasteiger partial charge in [0.05, 0.1) is 20.3 Å². The number of nitrogens with zero attached hydrogens (tertiary/aromatic N) is 1. The minimum atomic E-state index is -0.784. The largest absolute Gasteiger partial charge is 0.497 e. The van der Waals surface area contributed by atoms with Gasteiger partial charge in [-0.05, 0) is 17.7 Å². The number of hydrogen-bond donors (Lipinski definition) is 0. The molecule has 0 aliphatic carbocycles. The van der Waals surface area contributed by atoms with Gasteiger partial charge < -0.3 is 9.47 Å². The molecule has 0 heterocycles. The summed E-state index contributed by atoms with van der Waals surface area (Å²) < 4.78 is 9.65. The quantitative estimate of drug-likeness (QED) is 0.747. The highest BCUT2D eigenvalue weighted by Gasteiger charge is 2.26. The van der Waals surface area contributed by atoms with Crippen molar-refractivity contribution >= 4 is 5.97 Å². The van der Waals surface area contributed by atoms with Crippen LogP contribution in [0.4, 0.5) is 0 Å². The third-order valence-corrected chi connectivity index (χ3v) is 2.74. The van der Waals surface area contributed by atoms with Crippen molar-refractivity contribution in [1.82, 2.24) is 0 Å². The van der Waals surface area contributed by atoms with E-state index < -0.39 is 11.9 Å². The standard InChI is InChI=1S/C13H15NO3/c1-9(12(8-14)13(15)17-3)10-4-6-11(16-2)7-5-10/h4-7,9,12H,1-3H3. The molecule has 0 N–H and O–H groups in total. The lowest BCUT2D eigenvalue weighted by atomic mass is 9.88. The van der Waals surface area contributed by atoms with Gasteiger partial charge in [-0.15, -0.1) is 0 Å². The SMILES string of the molecule is COC(=O)C(C#N)C(C)c1ccc(OC)cc1. The van der Waals surface area contributed by atoms with Crippen LogP contribution < -0.4 is 4.74 Å². The molecule has 4 heteroatoms. The van der Waals surface area contributed by atoms with Crippen LogP contribution >= 0.6 is 0 Å². The van der Waals surface area contributed by atoms with Crippen LogP contribution in [0.2, 0.25) is 0 Å². The Morgan fingerprint density at radius 1 is 1.29 bits per heavy atom. The minimum absolute atomic E-state index is 0.210. The van der Waals surface area contributed by atoms with Gasteiger partial charge in [0.15, 0.2) is 5.92 Å². The fourth-order valence-electron chi connectivity index (χ4n) is 1.60. The van der Waals surface area contributed by atoms with Crippen LogP contribution in [0.1, 0.15) is 18.4 Å². The van der Waals surface area contributed by atoms with E-state index in [2.05, 4.69) is 4.74 Å². The molecule has 17 heavy (non-hydrogen) atoms. The number of carbonyl (C=O) groups is 1. The molecule has 90 valence electrons. The Morgan fingerprint density at radius 3 is 2.29 bits per heavy atom. The summed E-state index contributed by atoms with van der Waals surface area (Å²) in [7, 11) is 2.87. The van der Waals surface area contributed by atoms with Gasteiger partial charge in [0.2, 0.25) is 0 Å². The molecule has 0 saturated carbocycles. The monoisotopic (exact) mass is 233 g/mol. The van der Waals surface area contributed by atoms with E-state index in [1.807, 2.05) is 25.1 Å². The Bertz CT molecular complexity index is 419. The first kappa shape index (κ1) is 13.0. The molecule has 1 aromatic rings.